The maximum absolute atomic E-state index is 12.1. The van der Waals surface area contributed by atoms with E-state index in [1.54, 1.807) is 6.07 Å². The molecule has 1 atom stereocenters. The second-order valence-electron chi connectivity index (χ2n) is 4.56. The third-order valence-electron chi connectivity index (χ3n) is 2.94. The molecule has 20 heavy (non-hydrogen) atoms. The molecule has 1 aromatic carbocycles. The van der Waals surface area contributed by atoms with Crippen molar-refractivity contribution in [3.05, 3.63) is 24.3 Å². The molecule has 2 rings (SSSR count). The summed E-state index contributed by atoms with van der Waals surface area (Å²) in [7, 11) is 1.28. The fourth-order valence-electron chi connectivity index (χ4n) is 1.89. The van der Waals surface area contributed by atoms with Crippen molar-refractivity contribution < 1.29 is 27.4 Å². The molecule has 0 bridgehead atoms. The van der Waals surface area contributed by atoms with Crippen LogP contribution < -0.4 is 10.1 Å². The van der Waals surface area contributed by atoms with E-state index in [2.05, 4.69) is 14.8 Å². The minimum absolute atomic E-state index is 0.162. The third-order valence-corrected chi connectivity index (χ3v) is 2.94. The van der Waals surface area contributed by atoms with Gasteiger partial charge in [0.1, 0.15) is 11.8 Å². The molecule has 0 radical (unpaired) electrons. The first kappa shape index (κ1) is 14.5. The number of carbonyl (C=O) groups excluding carboxylic acids is 1. The van der Waals surface area contributed by atoms with Gasteiger partial charge >= 0.3 is 12.3 Å². The SMILES string of the molecule is COC(=O)C(Nc1cccc(OC(F)(F)F)c1)C1CC1. The third kappa shape index (κ3) is 4.04. The van der Waals surface area contributed by atoms with Crippen LogP contribution >= 0.6 is 0 Å². The maximum atomic E-state index is 12.1. The van der Waals surface area contributed by atoms with Crippen LogP contribution in [0.4, 0.5) is 18.9 Å². The molecule has 4 nitrogen and oxygen atoms in total. The Bertz CT molecular complexity index is 486. The number of carbonyl (C=O) groups is 1. The van der Waals surface area contributed by atoms with Gasteiger partial charge in [0.05, 0.1) is 7.11 Å². The molecule has 1 unspecified atom stereocenters. The number of nitrogens with one attached hydrogen (secondary N) is 1. The van der Waals surface area contributed by atoms with E-state index in [1.165, 1.54) is 25.3 Å². The summed E-state index contributed by atoms with van der Waals surface area (Å²) in [5, 5.41) is 2.90. The molecule has 0 aliphatic heterocycles. The lowest BCUT2D eigenvalue weighted by Gasteiger charge is -2.17. The molecule has 0 aromatic heterocycles. The van der Waals surface area contributed by atoms with Crippen LogP contribution in [-0.2, 0) is 9.53 Å². The second kappa shape index (κ2) is 5.60. The van der Waals surface area contributed by atoms with Crippen molar-refractivity contribution in [3.63, 3.8) is 0 Å². The standard InChI is InChI=1S/C13H14F3NO3/c1-19-12(18)11(8-5-6-8)17-9-3-2-4-10(7-9)20-13(14,15)16/h2-4,7-8,11,17H,5-6H2,1H3. The van der Waals surface area contributed by atoms with Gasteiger partial charge in [0.25, 0.3) is 0 Å². The highest BCUT2D eigenvalue weighted by Gasteiger charge is 2.37. The van der Waals surface area contributed by atoms with E-state index in [9.17, 15) is 18.0 Å². The lowest BCUT2D eigenvalue weighted by Crippen LogP contribution is -2.32. The predicted octanol–water partition coefficient (Wildman–Crippen LogP) is 2.95. The summed E-state index contributed by atoms with van der Waals surface area (Å²) in [6, 6.07) is 4.85. The Morgan fingerprint density at radius 2 is 2.10 bits per heavy atom. The van der Waals surface area contributed by atoms with E-state index in [0.717, 1.165) is 12.8 Å². The maximum Gasteiger partial charge on any atom is 0.573 e. The van der Waals surface area contributed by atoms with Gasteiger partial charge in [0.2, 0.25) is 0 Å². The van der Waals surface area contributed by atoms with Crippen LogP contribution in [0.5, 0.6) is 5.75 Å². The van der Waals surface area contributed by atoms with E-state index < -0.39 is 18.4 Å². The number of ether oxygens (including phenoxy) is 2. The topological polar surface area (TPSA) is 47.6 Å². The molecule has 7 heteroatoms. The molecule has 0 spiro atoms. The van der Waals surface area contributed by atoms with E-state index in [0.29, 0.717) is 5.69 Å². The lowest BCUT2D eigenvalue weighted by molar-refractivity contribution is -0.274. The van der Waals surface area contributed by atoms with Gasteiger partial charge in [0, 0.05) is 11.8 Å². The molecule has 110 valence electrons. The number of halogens is 3. The molecule has 1 N–H and O–H groups in total. The minimum Gasteiger partial charge on any atom is -0.467 e. The van der Waals surface area contributed by atoms with Crippen LogP contribution in [0.2, 0.25) is 0 Å². The summed E-state index contributed by atoms with van der Waals surface area (Å²) in [5.41, 5.74) is 0.383. The zero-order chi connectivity index (χ0) is 14.8. The Hall–Kier alpha value is -1.92. The highest BCUT2D eigenvalue weighted by atomic mass is 19.4. The van der Waals surface area contributed by atoms with Crippen molar-refractivity contribution in [2.75, 3.05) is 12.4 Å². The van der Waals surface area contributed by atoms with Gasteiger partial charge in [0.15, 0.2) is 0 Å². The predicted molar refractivity (Wildman–Crippen MR) is 65.3 cm³/mol. The molecule has 0 heterocycles. The van der Waals surface area contributed by atoms with E-state index >= 15 is 0 Å². The van der Waals surface area contributed by atoms with Gasteiger partial charge < -0.3 is 14.8 Å². The summed E-state index contributed by atoms with van der Waals surface area (Å²) in [5.74, 6) is -0.591. The highest BCUT2D eigenvalue weighted by molar-refractivity contribution is 5.80. The van der Waals surface area contributed by atoms with Gasteiger partial charge in [-0.05, 0) is 30.9 Å². The first-order valence-corrected chi connectivity index (χ1v) is 6.09. The Morgan fingerprint density at radius 1 is 1.40 bits per heavy atom. The monoisotopic (exact) mass is 289 g/mol. The molecule has 1 fully saturated rings. The Labute approximate surface area is 113 Å². The number of rotatable bonds is 5. The van der Waals surface area contributed by atoms with Crippen LogP contribution in [0.15, 0.2) is 24.3 Å². The molecule has 1 aromatic rings. The van der Waals surface area contributed by atoms with Gasteiger partial charge in [-0.1, -0.05) is 6.07 Å². The van der Waals surface area contributed by atoms with E-state index in [-0.39, 0.29) is 11.7 Å². The first-order chi connectivity index (χ1) is 9.39. The van der Waals surface area contributed by atoms with Crippen molar-refractivity contribution in [3.8, 4) is 5.75 Å². The first-order valence-electron chi connectivity index (χ1n) is 6.09. The number of alkyl halides is 3. The van der Waals surface area contributed by atoms with Gasteiger partial charge in [-0.3, -0.25) is 0 Å². The Morgan fingerprint density at radius 3 is 2.65 bits per heavy atom. The van der Waals surface area contributed by atoms with Crippen molar-refractivity contribution in [2.24, 2.45) is 5.92 Å². The normalized spacial score (nSPS) is 16.4. The second-order valence-corrected chi connectivity index (χ2v) is 4.56. The van der Waals surface area contributed by atoms with Crippen molar-refractivity contribution in [2.45, 2.75) is 25.2 Å². The van der Waals surface area contributed by atoms with Crippen LogP contribution in [-0.4, -0.2) is 25.5 Å². The average molecular weight is 289 g/mol. The average Bonchev–Trinajstić information content (AvgIpc) is 3.17. The Kier molecular flexibility index (Phi) is 4.06. The number of methoxy groups -OCH3 is 1. The number of esters is 1. The number of anilines is 1. The zero-order valence-electron chi connectivity index (χ0n) is 10.7. The largest absolute Gasteiger partial charge is 0.573 e. The summed E-state index contributed by atoms with van der Waals surface area (Å²) in [6.45, 7) is 0. The molecule has 1 saturated carbocycles. The molecular formula is C13H14F3NO3. The van der Waals surface area contributed by atoms with E-state index in [4.69, 9.17) is 0 Å². The summed E-state index contributed by atoms with van der Waals surface area (Å²) < 4.78 is 44.9. The van der Waals surface area contributed by atoms with Crippen molar-refractivity contribution >= 4 is 11.7 Å². The number of hydrogen-bond donors (Lipinski definition) is 1. The quantitative estimate of drug-likeness (QED) is 0.847. The van der Waals surface area contributed by atoms with Crippen molar-refractivity contribution in [1.29, 1.82) is 0 Å². The minimum atomic E-state index is -4.74. The molecule has 0 saturated heterocycles. The van der Waals surface area contributed by atoms with Gasteiger partial charge in [-0.15, -0.1) is 13.2 Å². The fourth-order valence-corrected chi connectivity index (χ4v) is 1.89. The molecule has 1 aliphatic rings. The van der Waals surface area contributed by atoms with E-state index in [1.807, 2.05) is 0 Å². The van der Waals surface area contributed by atoms with Gasteiger partial charge in [-0.25, -0.2) is 4.79 Å². The smallest absolute Gasteiger partial charge is 0.467 e. The zero-order valence-corrected chi connectivity index (χ0v) is 10.7. The van der Waals surface area contributed by atoms with Crippen molar-refractivity contribution in [1.82, 2.24) is 0 Å². The van der Waals surface area contributed by atoms with Crippen LogP contribution in [0.25, 0.3) is 0 Å². The van der Waals surface area contributed by atoms with Crippen LogP contribution in [0.3, 0.4) is 0 Å². The molecule has 1 aliphatic carbocycles. The fraction of sp³-hybridized carbons (Fsp3) is 0.462. The summed E-state index contributed by atoms with van der Waals surface area (Å²) in [4.78, 5) is 11.6. The van der Waals surface area contributed by atoms with Crippen LogP contribution in [0.1, 0.15) is 12.8 Å². The highest BCUT2D eigenvalue weighted by Crippen LogP contribution is 2.35. The molecule has 0 amide bonds. The molecular weight excluding hydrogens is 275 g/mol. The van der Waals surface area contributed by atoms with Gasteiger partial charge in [-0.2, -0.15) is 0 Å². The van der Waals surface area contributed by atoms with Crippen LogP contribution in [0, 0.1) is 5.92 Å². The summed E-state index contributed by atoms with van der Waals surface area (Å²) in [6.07, 6.45) is -2.95. The Balaban J connectivity index is 2.08. The number of benzene rings is 1. The summed E-state index contributed by atoms with van der Waals surface area (Å²) >= 11 is 0. The lowest BCUT2D eigenvalue weighted by atomic mass is 10.1. The number of hydrogen-bond acceptors (Lipinski definition) is 4.